The molecule has 0 fully saturated rings. The van der Waals surface area contributed by atoms with Gasteiger partial charge >= 0.3 is 0 Å². The molecule has 0 amide bonds. The van der Waals surface area contributed by atoms with Crippen molar-refractivity contribution in [2.75, 3.05) is 12.8 Å². The SMILES string of the molecule is Cc1cc(N)cc(C)c1S(=O)(=O)N(C)Cc1ccc(Br)o1. The molecule has 0 aliphatic carbocycles. The summed E-state index contributed by atoms with van der Waals surface area (Å²) in [5, 5.41) is 0. The van der Waals surface area contributed by atoms with Crippen LogP contribution >= 0.6 is 15.9 Å². The van der Waals surface area contributed by atoms with E-state index in [1.807, 2.05) is 0 Å². The second kappa shape index (κ2) is 5.82. The smallest absolute Gasteiger partial charge is 0.243 e. The Morgan fingerprint density at radius 1 is 1.24 bits per heavy atom. The molecule has 1 aromatic carbocycles. The fourth-order valence-electron chi connectivity index (χ4n) is 2.29. The molecule has 7 heteroatoms. The van der Waals surface area contributed by atoms with E-state index in [1.54, 1.807) is 38.1 Å². The molecule has 0 spiro atoms. The van der Waals surface area contributed by atoms with Crippen LogP contribution in [0.15, 0.2) is 38.2 Å². The molecule has 0 aliphatic heterocycles. The number of halogens is 1. The lowest BCUT2D eigenvalue weighted by molar-refractivity contribution is 0.398. The molecule has 0 radical (unpaired) electrons. The van der Waals surface area contributed by atoms with Crippen LogP contribution in [0.5, 0.6) is 0 Å². The second-order valence-corrected chi connectivity index (χ2v) is 7.71. The van der Waals surface area contributed by atoms with E-state index in [-0.39, 0.29) is 6.54 Å². The zero-order valence-electron chi connectivity index (χ0n) is 12.1. The maximum absolute atomic E-state index is 12.7. The second-order valence-electron chi connectivity index (χ2n) is 4.95. The molecule has 0 aliphatic rings. The number of rotatable bonds is 4. The van der Waals surface area contributed by atoms with E-state index >= 15 is 0 Å². The summed E-state index contributed by atoms with van der Waals surface area (Å²) in [5.74, 6) is 0.568. The summed E-state index contributed by atoms with van der Waals surface area (Å²) in [5.41, 5.74) is 7.58. The molecule has 1 aromatic heterocycles. The molecule has 5 nitrogen and oxygen atoms in total. The molecule has 2 aromatic rings. The first kappa shape index (κ1) is 16.1. The summed E-state index contributed by atoms with van der Waals surface area (Å²) in [7, 11) is -2.07. The largest absolute Gasteiger partial charge is 0.453 e. The lowest BCUT2D eigenvalue weighted by atomic mass is 10.1. The molecular weight excluding hydrogens is 356 g/mol. The van der Waals surface area contributed by atoms with Crippen molar-refractivity contribution in [2.45, 2.75) is 25.3 Å². The number of nitrogens with two attached hydrogens (primary N) is 1. The third-order valence-corrected chi connectivity index (χ3v) is 5.69. The van der Waals surface area contributed by atoms with Gasteiger partial charge in [0.25, 0.3) is 0 Å². The Kier molecular flexibility index (Phi) is 4.46. The molecule has 2 rings (SSSR count). The van der Waals surface area contributed by atoms with Crippen LogP contribution in [0.25, 0.3) is 0 Å². The normalized spacial score (nSPS) is 12.0. The van der Waals surface area contributed by atoms with Gasteiger partial charge in [0, 0.05) is 12.7 Å². The number of aryl methyl sites for hydroxylation is 2. The number of sulfonamides is 1. The molecule has 21 heavy (non-hydrogen) atoms. The zero-order valence-corrected chi connectivity index (χ0v) is 14.5. The van der Waals surface area contributed by atoms with Gasteiger partial charge in [-0.25, -0.2) is 8.42 Å². The van der Waals surface area contributed by atoms with Crippen LogP contribution in [0, 0.1) is 13.8 Å². The van der Waals surface area contributed by atoms with Crippen molar-refractivity contribution in [3.8, 4) is 0 Å². The highest BCUT2D eigenvalue weighted by Crippen LogP contribution is 2.27. The van der Waals surface area contributed by atoms with E-state index in [0.29, 0.717) is 32.1 Å². The van der Waals surface area contributed by atoms with E-state index in [1.165, 1.54) is 11.4 Å². The van der Waals surface area contributed by atoms with Gasteiger partial charge in [-0.1, -0.05) is 0 Å². The third kappa shape index (κ3) is 3.30. The van der Waals surface area contributed by atoms with E-state index in [0.717, 1.165) is 0 Å². The topological polar surface area (TPSA) is 76.5 Å². The van der Waals surface area contributed by atoms with E-state index in [2.05, 4.69) is 15.9 Å². The van der Waals surface area contributed by atoms with Gasteiger partial charge in [-0.2, -0.15) is 4.31 Å². The molecular formula is C14H17BrN2O3S. The summed E-state index contributed by atoms with van der Waals surface area (Å²) in [6.07, 6.45) is 0. The minimum Gasteiger partial charge on any atom is -0.453 e. The first-order valence-electron chi connectivity index (χ1n) is 6.29. The Morgan fingerprint density at radius 2 is 1.81 bits per heavy atom. The molecule has 2 N–H and O–H groups in total. The molecule has 0 unspecified atom stereocenters. The van der Waals surface area contributed by atoms with Crippen LogP contribution in [0.2, 0.25) is 0 Å². The lowest BCUT2D eigenvalue weighted by Crippen LogP contribution is -2.27. The van der Waals surface area contributed by atoms with Gasteiger partial charge in [-0.15, -0.1) is 0 Å². The summed E-state index contributed by atoms with van der Waals surface area (Å²) in [6.45, 7) is 3.65. The number of benzene rings is 1. The quantitative estimate of drug-likeness (QED) is 0.836. The summed E-state index contributed by atoms with van der Waals surface area (Å²) in [4.78, 5) is 0.296. The zero-order chi connectivity index (χ0) is 15.8. The van der Waals surface area contributed by atoms with Crippen LogP contribution in [0.3, 0.4) is 0 Å². The molecule has 0 atom stereocenters. The summed E-state index contributed by atoms with van der Waals surface area (Å²) >= 11 is 3.20. The van der Waals surface area contributed by atoms with Gasteiger partial charge in [0.15, 0.2) is 4.67 Å². The number of nitrogen functional groups attached to an aromatic ring is 1. The van der Waals surface area contributed by atoms with Crippen LogP contribution < -0.4 is 5.73 Å². The predicted octanol–water partition coefficient (Wildman–Crippen LogP) is 3.06. The number of hydrogen-bond donors (Lipinski definition) is 1. The Hall–Kier alpha value is -1.31. The van der Waals surface area contributed by atoms with Crippen molar-refractivity contribution < 1.29 is 12.8 Å². The standard InChI is InChI=1S/C14H17BrN2O3S/c1-9-6-11(16)7-10(2)14(9)21(18,19)17(3)8-12-4-5-13(15)20-12/h4-7H,8,16H2,1-3H3. The average Bonchev–Trinajstić information content (AvgIpc) is 2.72. The monoisotopic (exact) mass is 372 g/mol. The average molecular weight is 373 g/mol. The molecule has 1 heterocycles. The lowest BCUT2D eigenvalue weighted by Gasteiger charge is -2.19. The van der Waals surface area contributed by atoms with Crippen LogP contribution in [-0.4, -0.2) is 19.8 Å². The Morgan fingerprint density at radius 3 is 2.29 bits per heavy atom. The minimum atomic E-state index is -3.60. The van der Waals surface area contributed by atoms with Gasteiger partial charge < -0.3 is 10.2 Å². The van der Waals surface area contributed by atoms with Gasteiger partial charge in [0.2, 0.25) is 10.0 Å². The first-order chi connectivity index (χ1) is 9.71. The highest BCUT2D eigenvalue weighted by atomic mass is 79.9. The van der Waals surface area contributed by atoms with E-state index in [4.69, 9.17) is 10.2 Å². The fraction of sp³-hybridized carbons (Fsp3) is 0.286. The van der Waals surface area contributed by atoms with Crippen molar-refractivity contribution in [3.63, 3.8) is 0 Å². The number of nitrogens with zero attached hydrogens (tertiary/aromatic N) is 1. The molecule has 0 saturated carbocycles. The van der Waals surface area contributed by atoms with Gasteiger partial charge in [-0.05, 0) is 65.2 Å². The highest BCUT2D eigenvalue weighted by Gasteiger charge is 2.25. The Balaban J connectivity index is 2.38. The number of furan rings is 1. The van der Waals surface area contributed by atoms with Crippen molar-refractivity contribution in [3.05, 3.63) is 45.8 Å². The predicted molar refractivity (Wildman–Crippen MR) is 85.4 cm³/mol. The Labute approximate surface area is 132 Å². The van der Waals surface area contributed by atoms with Gasteiger partial charge in [0.1, 0.15) is 5.76 Å². The number of anilines is 1. The maximum atomic E-state index is 12.7. The van der Waals surface area contributed by atoms with Gasteiger partial charge in [-0.3, -0.25) is 0 Å². The number of hydrogen-bond acceptors (Lipinski definition) is 4. The van der Waals surface area contributed by atoms with Crippen molar-refractivity contribution in [1.29, 1.82) is 0 Å². The van der Waals surface area contributed by atoms with Crippen molar-refractivity contribution in [1.82, 2.24) is 4.31 Å². The Bertz CT molecular complexity index is 745. The van der Waals surface area contributed by atoms with Crippen LogP contribution in [0.1, 0.15) is 16.9 Å². The maximum Gasteiger partial charge on any atom is 0.243 e. The molecule has 114 valence electrons. The van der Waals surface area contributed by atoms with Crippen LogP contribution in [-0.2, 0) is 16.6 Å². The molecule has 0 bridgehead atoms. The minimum absolute atomic E-state index is 0.164. The van der Waals surface area contributed by atoms with Crippen molar-refractivity contribution in [2.24, 2.45) is 0 Å². The highest BCUT2D eigenvalue weighted by molar-refractivity contribution is 9.10. The van der Waals surface area contributed by atoms with E-state index < -0.39 is 10.0 Å². The third-order valence-electron chi connectivity index (χ3n) is 3.16. The van der Waals surface area contributed by atoms with Crippen molar-refractivity contribution >= 4 is 31.6 Å². The summed E-state index contributed by atoms with van der Waals surface area (Å²) in [6, 6.07) is 6.79. The fourth-order valence-corrected chi connectivity index (χ4v) is 4.17. The summed E-state index contributed by atoms with van der Waals surface area (Å²) < 4.78 is 32.7. The van der Waals surface area contributed by atoms with Crippen LogP contribution in [0.4, 0.5) is 5.69 Å². The van der Waals surface area contributed by atoms with Gasteiger partial charge in [0.05, 0.1) is 11.4 Å². The van der Waals surface area contributed by atoms with E-state index in [9.17, 15) is 8.42 Å². The molecule has 0 saturated heterocycles. The first-order valence-corrected chi connectivity index (χ1v) is 8.52.